The zero-order valence-corrected chi connectivity index (χ0v) is 22.3. The molecular weight excluding hydrogens is 482 g/mol. The Morgan fingerprint density at radius 1 is 1.31 bits per heavy atom. The Hall–Kier alpha value is -3.25. The van der Waals surface area contributed by atoms with Crippen molar-refractivity contribution in [2.24, 2.45) is 11.3 Å². The van der Waals surface area contributed by atoms with Crippen molar-refractivity contribution < 1.29 is 19.1 Å². The number of fused-ring (bicyclic) bond motifs is 1. The van der Waals surface area contributed by atoms with Crippen LogP contribution in [0.2, 0.25) is 5.02 Å². The van der Waals surface area contributed by atoms with Gasteiger partial charge in [0.2, 0.25) is 11.8 Å². The van der Waals surface area contributed by atoms with Gasteiger partial charge in [-0.2, -0.15) is 5.26 Å². The van der Waals surface area contributed by atoms with E-state index in [0.717, 1.165) is 0 Å². The highest BCUT2D eigenvalue weighted by molar-refractivity contribution is 6.35. The number of H-pyrrole nitrogens is 1. The van der Waals surface area contributed by atoms with Gasteiger partial charge in [-0.3, -0.25) is 14.4 Å². The Bertz CT molecular complexity index is 1210. The lowest BCUT2D eigenvalue weighted by Crippen LogP contribution is -2.51. The van der Waals surface area contributed by atoms with E-state index in [9.17, 15) is 19.6 Å². The van der Waals surface area contributed by atoms with Crippen molar-refractivity contribution >= 4 is 40.2 Å². The van der Waals surface area contributed by atoms with Gasteiger partial charge in [0.05, 0.1) is 23.7 Å². The van der Waals surface area contributed by atoms with Gasteiger partial charge in [-0.25, -0.2) is 0 Å². The van der Waals surface area contributed by atoms with Crippen molar-refractivity contribution in [2.75, 3.05) is 7.11 Å². The highest BCUT2D eigenvalue weighted by Gasteiger charge is 2.39. The van der Waals surface area contributed by atoms with Gasteiger partial charge in [0.25, 0.3) is 5.91 Å². The second kappa shape index (κ2) is 10.4. The van der Waals surface area contributed by atoms with Gasteiger partial charge in [-0.15, -0.1) is 0 Å². The smallest absolute Gasteiger partial charge is 0.268 e. The minimum atomic E-state index is -0.897. The molecule has 4 N–H and O–H groups in total. The van der Waals surface area contributed by atoms with Crippen LogP contribution < -0.4 is 20.7 Å². The van der Waals surface area contributed by atoms with E-state index in [1.807, 2.05) is 34.6 Å². The number of halogens is 1. The van der Waals surface area contributed by atoms with E-state index in [0.29, 0.717) is 34.5 Å². The first-order valence-corrected chi connectivity index (χ1v) is 12.3. The molecule has 3 rings (SSSR count). The number of carbonyl (C=O) groups is 3. The molecule has 3 amide bonds. The molecule has 0 aliphatic carbocycles. The van der Waals surface area contributed by atoms with Crippen LogP contribution in [0.3, 0.4) is 0 Å². The van der Waals surface area contributed by atoms with E-state index in [-0.39, 0.29) is 34.9 Å². The summed E-state index contributed by atoms with van der Waals surface area (Å²) in [5.41, 5.74) is 0.143. The number of methoxy groups -OCH3 is 1. The molecule has 3 unspecified atom stereocenters. The van der Waals surface area contributed by atoms with E-state index in [1.54, 1.807) is 18.2 Å². The van der Waals surface area contributed by atoms with Crippen molar-refractivity contribution in [2.45, 2.75) is 71.5 Å². The second-order valence-electron chi connectivity index (χ2n) is 11.2. The molecule has 1 fully saturated rings. The highest BCUT2D eigenvalue weighted by atomic mass is 35.5. The topological polar surface area (TPSA) is 136 Å². The first-order valence-electron chi connectivity index (χ1n) is 11.9. The highest BCUT2D eigenvalue weighted by Crippen LogP contribution is 2.32. The predicted molar refractivity (Wildman–Crippen MR) is 138 cm³/mol. The summed E-state index contributed by atoms with van der Waals surface area (Å²) in [5, 5.41) is 19.2. The maximum atomic E-state index is 13.2. The molecule has 0 radical (unpaired) electrons. The second-order valence-corrected chi connectivity index (χ2v) is 11.6. The van der Waals surface area contributed by atoms with E-state index < -0.39 is 23.9 Å². The maximum absolute atomic E-state index is 13.2. The molecule has 9 nitrogen and oxygen atoms in total. The van der Waals surface area contributed by atoms with Gasteiger partial charge in [0.15, 0.2) is 0 Å². The van der Waals surface area contributed by atoms with Crippen molar-refractivity contribution in [3.05, 3.63) is 28.9 Å². The van der Waals surface area contributed by atoms with Crippen molar-refractivity contribution in [1.82, 2.24) is 20.9 Å². The van der Waals surface area contributed by atoms with Crippen LogP contribution in [0.15, 0.2) is 18.2 Å². The fourth-order valence-electron chi connectivity index (χ4n) is 4.60. The third-order valence-corrected chi connectivity index (χ3v) is 6.50. The Labute approximate surface area is 216 Å². The minimum absolute atomic E-state index is 0.123. The van der Waals surface area contributed by atoms with Crippen molar-refractivity contribution in [3.63, 3.8) is 0 Å². The van der Waals surface area contributed by atoms with E-state index in [4.69, 9.17) is 16.3 Å². The average Bonchev–Trinajstić information content (AvgIpc) is 3.33. The van der Waals surface area contributed by atoms with Crippen LogP contribution in [0.1, 0.15) is 64.4 Å². The third kappa shape index (κ3) is 6.49. The molecule has 1 aliphatic rings. The third-order valence-electron chi connectivity index (χ3n) is 6.19. The molecule has 2 heterocycles. The monoisotopic (exact) mass is 515 g/mol. The van der Waals surface area contributed by atoms with Gasteiger partial charge in [0, 0.05) is 16.8 Å². The molecule has 0 bridgehead atoms. The summed E-state index contributed by atoms with van der Waals surface area (Å²) in [6.45, 7) is 9.72. The van der Waals surface area contributed by atoms with Crippen molar-refractivity contribution in [3.8, 4) is 11.8 Å². The minimum Gasteiger partial charge on any atom is -0.496 e. The Morgan fingerprint density at radius 3 is 2.56 bits per heavy atom. The quantitative estimate of drug-likeness (QED) is 0.425. The summed E-state index contributed by atoms with van der Waals surface area (Å²) in [6, 6.07) is 5.34. The molecule has 0 saturated carbocycles. The Morgan fingerprint density at radius 2 is 2.00 bits per heavy atom. The van der Waals surface area contributed by atoms with Crippen molar-refractivity contribution in [1.29, 1.82) is 5.26 Å². The fourth-order valence-corrected chi connectivity index (χ4v) is 4.82. The molecule has 3 atom stereocenters. The molecule has 2 aromatic rings. The van der Waals surface area contributed by atoms with Crippen LogP contribution in [-0.2, 0) is 9.59 Å². The summed E-state index contributed by atoms with van der Waals surface area (Å²) in [4.78, 5) is 41.7. The summed E-state index contributed by atoms with van der Waals surface area (Å²) >= 11 is 6.28. The van der Waals surface area contributed by atoms with Gasteiger partial charge in [-0.1, -0.05) is 32.4 Å². The zero-order valence-electron chi connectivity index (χ0n) is 21.5. The van der Waals surface area contributed by atoms with Crippen LogP contribution in [0.25, 0.3) is 10.9 Å². The molecule has 0 spiro atoms. The SMILES string of the molecule is COc1ccc(Cl)c2[nH]c(C(=O)NC(CC(C)(C)C)C(=O)NC(C#N)CC3CC(C)(C)NC3=O)cc12. The maximum Gasteiger partial charge on any atom is 0.268 e. The number of amides is 3. The normalized spacial score (nSPS) is 18.7. The molecule has 36 heavy (non-hydrogen) atoms. The average molecular weight is 516 g/mol. The van der Waals surface area contributed by atoms with Crippen LogP contribution >= 0.6 is 11.6 Å². The van der Waals surface area contributed by atoms with E-state index in [1.165, 1.54) is 7.11 Å². The van der Waals surface area contributed by atoms with Crippen LogP contribution in [0.5, 0.6) is 5.75 Å². The number of benzene rings is 1. The lowest BCUT2D eigenvalue weighted by molar-refractivity contribution is -0.125. The summed E-state index contributed by atoms with van der Waals surface area (Å²) in [7, 11) is 1.53. The lowest BCUT2D eigenvalue weighted by atomic mass is 9.87. The molecule has 1 aliphatic heterocycles. The number of ether oxygens (including phenoxy) is 1. The van der Waals surface area contributed by atoms with Crippen LogP contribution in [-0.4, -0.2) is 47.4 Å². The molecule has 1 saturated heterocycles. The first kappa shape index (κ1) is 27.3. The number of hydrogen-bond donors (Lipinski definition) is 4. The van der Waals surface area contributed by atoms with Gasteiger partial charge in [-0.05, 0) is 56.7 Å². The lowest BCUT2D eigenvalue weighted by Gasteiger charge is -2.27. The molecule has 194 valence electrons. The number of carbonyl (C=O) groups excluding carboxylic acids is 3. The molecular formula is C26H34ClN5O4. The van der Waals surface area contributed by atoms with Gasteiger partial charge in [0.1, 0.15) is 23.5 Å². The number of hydrogen-bond acceptors (Lipinski definition) is 5. The standard InChI is InChI=1S/C26H34ClN5O4/c1-25(2,3)12-19(24(35)29-15(13-28)9-14-11-26(4,5)32-22(14)33)31-23(34)18-10-16-20(36-6)8-7-17(27)21(16)30-18/h7-8,10,14-15,19,30H,9,11-12H2,1-6H3,(H,29,35)(H,31,34)(H,32,33). The Kier molecular flexibility index (Phi) is 7.89. The van der Waals surface area contributed by atoms with Gasteiger partial charge < -0.3 is 25.7 Å². The largest absolute Gasteiger partial charge is 0.496 e. The van der Waals surface area contributed by atoms with E-state index >= 15 is 0 Å². The Balaban J connectivity index is 1.77. The summed E-state index contributed by atoms with van der Waals surface area (Å²) in [6.07, 6.45) is 1.12. The van der Waals surface area contributed by atoms with Crippen LogP contribution in [0, 0.1) is 22.7 Å². The molecule has 1 aromatic heterocycles. The number of nitrogens with zero attached hydrogens (tertiary/aromatic N) is 1. The number of aromatic amines is 1. The van der Waals surface area contributed by atoms with Crippen LogP contribution in [0.4, 0.5) is 0 Å². The van der Waals surface area contributed by atoms with E-state index in [2.05, 4.69) is 27.0 Å². The summed E-state index contributed by atoms with van der Waals surface area (Å²) in [5.74, 6) is -0.897. The number of aromatic nitrogens is 1. The molecule has 1 aromatic carbocycles. The zero-order chi connectivity index (χ0) is 26.8. The fraction of sp³-hybridized carbons (Fsp3) is 0.538. The molecule has 10 heteroatoms. The first-order chi connectivity index (χ1) is 16.7. The predicted octanol–water partition coefficient (Wildman–Crippen LogP) is 3.68. The summed E-state index contributed by atoms with van der Waals surface area (Å²) < 4.78 is 5.36. The van der Waals surface area contributed by atoms with Gasteiger partial charge >= 0.3 is 0 Å². The number of nitriles is 1. The number of nitrogens with one attached hydrogen (secondary N) is 4. The number of rotatable bonds is 8.